The Morgan fingerprint density at radius 1 is 0.842 bits per heavy atom. The predicted molar refractivity (Wildman–Crippen MR) is 207 cm³/mol. The predicted octanol–water partition coefficient (Wildman–Crippen LogP) is 4.13. The summed E-state index contributed by atoms with van der Waals surface area (Å²) in [6.07, 6.45) is 8.36. The molecule has 1 fully saturated rings. The van der Waals surface area contributed by atoms with Crippen molar-refractivity contribution >= 4 is 29.7 Å². The molecule has 17 heteroatoms. The van der Waals surface area contributed by atoms with Gasteiger partial charge in [-0.3, -0.25) is 19.8 Å². The van der Waals surface area contributed by atoms with Crippen molar-refractivity contribution in [1.29, 1.82) is 0 Å². The molecule has 0 saturated carbocycles. The van der Waals surface area contributed by atoms with Gasteiger partial charge in [0, 0.05) is 24.3 Å². The number of aliphatic hydroxyl groups is 1. The Labute approximate surface area is 332 Å². The number of amides is 1. The van der Waals surface area contributed by atoms with Crippen LogP contribution in [0, 0.1) is 20.8 Å². The van der Waals surface area contributed by atoms with E-state index in [-0.39, 0.29) is 38.4 Å². The maximum Gasteiger partial charge on any atom is 0.412 e. The van der Waals surface area contributed by atoms with Crippen LogP contribution in [-0.4, -0.2) is 104 Å². The maximum absolute atomic E-state index is 12.8. The molecule has 1 aliphatic heterocycles. The number of anilines is 1. The van der Waals surface area contributed by atoms with Crippen LogP contribution in [0.15, 0.2) is 42.9 Å². The first-order chi connectivity index (χ1) is 27.4. The normalized spacial score (nSPS) is 15.4. The van der Waals surface area contributed by atoms with Crippen molar-refractivity contribution in [3.05, 3.63) is 82.2 Å². The Bertz CT molecular complexity index is 1870. The number of carbonyl (C=O) groups is 4. The van der Waals surface area contributed by atoms with Crippen LogP contribution in [0.1, 0.15) is 72.9 Å². The lowest BCUT2D eigenvalue weighted by Gasteiger charge is -2.19. The van der Waals surface area contributed by atoms with Gasteiger partial charge in [0.05, 0.1) is 56.6 Å². The number of hydrogen-bond acceptors (Lipinski definition) is 13. The topological polar surface area (TPSA) is 214 Å². The average Bonchev–Trinajstić information content (AvgIpc) is 3.71. The third kappa shape index (κ3) is 14.2. The zero-order chi connectivity index (χ0) is 41.3. The molecule has 4 aromatic rings. The van der Waals surface area contributed by atoms with E-state index in [2.05, 4.69) is 46.0 Å². The summed E-state index contributed by atoms with van der Waals surface area (Å²) in [5.74, 6) is -1.41. The number of epoxide rings is 1. The first-order valence-corrected chi connectivity index (χ1v) is 19.3. The maximum atomic E-state index is 12.8. The molecule has 2 aliphatic carbocycles. The third-order valence-electron chi connectivity index (χ3n) is 8.84. The van der Waals surface area contributed by atoms with Crippen LogP contribution in [0.25, 0.3) is 0 Å². The number of esters is 3. The molecule has 17 nitrogen and oxygen atoms in total. The zero-order valence-corrected chi connectivity index (χ0v) is 33.6. The van der Waals surface area contributed by atoms with E-state index in [0.29, 0.717) is 13.2 Å². The second kappa shape index (κ2) is 22.3. The summed E-state index contributed by atoms with van der Waals surface area (Å²) in [6, 6.07) is 7.86. The van der Waals surface area contributed by atoms with Gasteiger partial charge < -0.3 is 28.8 Å². The molecule has 1 amide bonds. The summed E-state index contributed by atoms with van der Waals surface area (Å²) >= 11 is 0. The summed E-state index contributed by atoms with van der Waals surface area (Å²) in [4.78, 5) is 46.6. The van der Waals surface area contributed by atoms with Crippen molar-refractivity contribution in [2.75, 3.05) is 31.7 Å². The molecule has 3 aliphatic rings. The van der Waals surface area contributed by atoms with E-state index in [0.717, 1.165) is 61.3 Å². The van der Waals surface area contributed by atoms with Crippen LogP contribution >= 0.6 is 0 Å². The van der Waals surface area contributed by atoms with Gasteiger partial charge in [-0.2, -0.15) is 15.3 Å². The highest BCUT2D eigenvalue weighted by atomic mass is 16.6. The molecular weight excluding hydrogens is 738 g/mol. The highest BCUT2D eigenvalue weighted by Crippen LogP contribution is 2.38. The number of aromatic nitrogens is 6. The largest absolute Gasteiger partial charge is 0.464 e. The van der Waals surface area contributed by atoms with Gasteiger partial charge in [0.15, 0.2) is 12.2 Å². The number of hydrogen-bond donors (Lipinski definition) is 3. The number of ether oxygens (including phenoxy) is 5. The fourth-order valence-corrected chi connectivity index (χ4v) is 6.16. The Morgan fingerprint density at radius 3 is 1.86 bits per heavy atom. The quantitative estimate of drug-likeness (QED) is 0.105. The molecule has 1 saturated heterocycles. The number of nitrogens with one attached hydrogen (secondary N) is 2. The van der Waals surface area contributed by atoms with E-state index < -0.39 is 30.2 Å². The summed E-state index contributed by atoms with van der Waals surface area (Å²) in [5, 5.41) is 27.1. The smallest absolute Gasteiger partial charge is 0.412 e. The standard InChI is InChI=1S/C22H27N3O4.C9H14N2O3.C5H8O3.C4H6N2/c1-3-28-21(26)19(13-25-11-10-14(2)24-25)29-22(27)23-20-17-8-4-6-15(17)12-16-7-5-9-18(16)20;1-3-14-9(13)8(12)6-11-5-4-7(2)10-11;1-2-7-5(6)4-3-8-4;1-4-2-3-5-6-4/h10-12,19H,3-9,13H2,1-2H3,(H,23,27);4-5,8,12H,3,6H2,1-2H3;4H,2-3H2,1H3;2-3H,1H3,(H,5,6). The lowest BCUT2D eigenvalue weighted by atomic mass is 9.99. The Balaban J connectivity index is 0.000000210. The molecule has 0 spiro atoms. The fraction of sp³-hybridized carbons (Fsp3) is 0.525. The molecule has 3 unspecified atom stereocenters. The molecule has 0 bridgehead atoms. The van der Waals surface area contributed by atoms with Crippen molar-refractivity contribution in [2.24, 2.45) is 0 Å². The van der Waals surface area contributed by atoms with Crippen molar-refractivity contribution in [3.8, 4) is 0 Å². The summed E-state index contributed by atoms with van der Waals surface area (Å²) in [7, 11) is 0. The van der Waals surface area contributed by atoms with Crippen LogP contribution in [0.5, 0.6) is 0 Å². The molecule has 4 heterocycles. The Kier molecular flexibility index (Phi) is 17.2. The molecule has 7 rings (SSSR count). The summed E-state index contributed by atoms with van der Waals surface area (Å²) in [6.45, 7) is 12.6. The second-order valence-electron chi connectivity index (χ2n) is 13.4. The minimum Gasteiger partial charge on any atom is -0.464 e. The minimum atomic E-state index is -1.14. The van der Waals surface area contributed by atoms with Gasteiger partial charge in [0.1, 0.15) is 0 Å². The average molecular weight is 794 g/mol. The van der Waals surface area contributed by atoms with Crippen molar-refractivity contribution < 1.29 is 48.0 Å². The SMILES string of the molecule is CCOC(=O)C(Cn1ccc(C)n1)OC(=O)Nc1c2c(cc3c1CCC3)CCC2.CCOC(=O)C(O)Cn1ccc(C)n1.CCOC(=O)C1CO1.Cc1ccn[nH]1. The van der Waals surface area contributed by atoms with Gasteiger partial charge in [0.25, 0.3) is 0 Å². The summed E-state index contributed by atoms with van der Waals surface area (Å²) in [5.41, 5.74) is 8.78. The van der Waals surface area contributed by atoms with Crippen LogP contribution < -0.4 is 5.32 Å². The molecule has 3 N–H and O–H groups in total. The first kappa shape index (κ1) is 44.2. The van der Waals surface area contributed by atoms with Crippen molar-refractivity contribution in [3.63, 3.8) is 0 Å². The van der Waals surface area contributed by atoms with E-state index in [4.69, 9.17) is 9.47 Å². The molecule has 3 aromatic heterocycles. The molecule has 1 aromatic carbocycles. The first-order valence-electron chi connectivity index (χ1n) is 19.3. The van der Waals surface area contributed by atoms with Crippen LogP contribution in [0.2, 0.25) is 0 Å². The molecule has 3 atom stereocenters. The van der Waals surface area contributed by atoms with E-state index in [1.807, 2.05) is 32.9 Å². The van der Waals surface area contributed by atoms with Gasteiger partial charge in [-0.1, -0.05) is 6.07 Å². The lowest BCUT2D eigenvalue weighted by Crippen LogP contribution is -2.35. The van der Waals surface area contributed by atoms with E-state index >= 15 is 0 Å². The van der Waals surface area contributed by atoms with E-state index in [1.54, 1.807) is 50.1 Å². The Morgan fingerprint density at radius 2 is 1.40 bits per heavy atom. The number of H-pyrrole nitrogens is 1. The number of aromatic amines is 1. The Hall–Kier alpha value is -5.55. The number of rotatable bonds is 12. The number of aliphatic hydroxyl groups excluding tert-OH is 1. The monoisotopic (exact) mass is 793 g/mol. The molecular formula is C40H55N7O10. The number of nitrogens with zero attached hydrogens (tertiary/aromatic N) is 5. The highest BCUT2D eigenvalue weighted by Gasteiger charge is 2.32. The van der Waals surface area contributed by atoms with E-state index in [9.17, 15) is 24.3 Å². The molecule has 310 valence electrons. The van der Waals surface area contributed by atoms with Crippen LogP contribution in [0.3, 0.4) is 0 Å². The minimum absolute atomic E-state index is 0.116. The second-order valence-corrected chi connectivity index (χ2v) is 13.4. The van der Waals surface area contributed by atoms with Crippen LogP contribution in [-0.2, 0) is 76.8 Å². The van der Waals surface area contributed by atoms with Crippen molar-refractivity contribution in [1.82, 2.24) is 29.8 Å². The van der Waals surface area contributed by atoms with Gasteiger partial charge >= 0.3 is 24.0 Å². The van der Waals surface area contributed by atoms with Gasteiger partial charge in [0.2, 0.25) is 6.10 Å². The number of aryl methyl sites for hydroxylation is 5. The van der Waals surface area contributed by atoms with Crippen LogP contribution in [0.4, 0.5) is 10.5 Å². The van der Waals surface area contributed by atoms with Gasteiger partial charge in [-0.25, -0.2) is 19.2 Å². The number of benzene rings is 1. The lowest BCUT2D eigenvalue weighted by molar-refractivity contribution is -0.154. The van der Waals surface area contributed by atoms with Gasteiger partial charge in [-0.05, 0) is 121 Å². The summed E-state index contributed by atoms with van der Waals surface area (Å²) < 4.78 is 27.6. The number of carbonyl (C=O) groups excluding carboxylic acids is 4. The third-order valence-corrected chi connectivity index (χ3v) is 8.84. The highest BCUT2D eigenvalue weighted by molar-refractivity contribution is 5.90. The van der Waals surface area contributed by atoms with Gasteiger partial charge in [-0.15, -0.1) is 0 Å². The number of fused-ring (bicyclic) bond motifs is 2. The zero-order valence-electron chi connectivity index (χ0n) is 33.6. The van der Waals surface area contributed by atoms with E-state index in [1.165, 1.54) is 26.9 Å². The van der Waals surface area contributed by atoms with Crippen molar-refractivity contribution in [2.45, 2.75) is 111 Å². The fourth-order valence-electron chi connectivity index (χ4n) is 6.16. The molecule has 57 heavy (non-hydrogen) atoms. The molecule has 0 radical (unpaired) electrons.